The second-order valence-corrected chi connectivity index (χ2v) is 4.87. The van der Waals surface area contributed by atoms with Gasteiger partial charge in [-0.05, 0) is 18.2 Å². The minimum absolute atomic E-state index is 0.0445. The van der Waals surface area contributed by atoms with Crippen LogP contribution in [0.4, 0.5) is 5.69 Å². The van der Waals surface area contributed by atoms with Crippen molar-refractivity contribution < 1.29 is 9.66 Å². The molecule has 0 unspecified atom stereocenters. The summed E-state index contributed by atoms with van der Waals surface area (Å²) < 4.78 is 5.30. The van der Waals surface area contributed by atoms with Gasteiger partial charge in [0.05, 0.1) is 21.6 Å². The summed E-state index contributed by atoms with van der Waals surface area (Å²) in [5.41, 5.74) is -0.264. The van der Waals surface area contributed by atoms with Crippen molar-refractivity contribution >= 4 is 40.5 Å². The molecule has 0 radical (unpaired) electrons. The molecular weight excluding hydrogens is 341 g/mol. The van der Waals surface area contributed by atoms with Gasteiger partial charge in [-0.1, -0.05) is 34.8 Å². The van der Waals surface area contributed by atoms with Gasteiger partial charge in [-0.2, -0.15) is 10.2 Å². The summed E-state index contributed by atoms with van der Waals surface area (Å²) in [6, 6.07) is 6.84. The summed E-state index contributed by atoms with van der Waals surface area (Å²) in [4.78, 5) is 14.1. The fraction of sp³-hybridized carbons (Fsp3) is 0. The van der Waals surface area contributed by atoms with Gasteiger partial charge in [-0.3, -0.25) is 10.1 Å². The molecule has 0 spiro atoms. The minimum atomic E-state index is -0.679. The average molecular weight is 345 g/mol. The molecule has 0 aliphatic rings. The predicted octanol–water partition coefficient (Wildman–Crippen LogP) is 4.61. The van der Waals surface area contributed by atoms with E-state index < -0.39 is 10.6 Å². The van der Waals surface area contributed by atoms with Crippen molar-refractivity contribution in [3.63, 3.8) is 0 Å². The van der Waals surface area contributed by atoms with Gasteiger partial charge in [0.25, 0.3) is 0 Å². The molecule has 0 fully saturated rings. The highest BCUT2D eigenvalue weighted by molar-refractivity contribution is 6.42. The smallest absolute Gasteiger partial charge is 0.312 e. The van der Waals surface area contributed by atoms with Gasteiger partial charge in [-0.25, -0.2) is 0 Å². The Labute approximate surface area is 133 Å². The van der Waals surface area contributed by atoms with Gasteiger partial charge in [0.15, 0.2) is 5.15 Å². The number of nitro groups is 1. The number of rotatable bonds is 3. The van der Waals surface area contributed by atoms with E-state index in [1.54, 1.807) is 6.07 Å². The highest BCUT2D eigenvalue weighted by atomic mass is 35.5. The Hall–Kier alpha value is -2.07. The third-order valence-electron chi connectivity index (χ3n) is 2.35. The van der Waals surface area contributed by atoms with E-state index >= 15 is 0 Å². The zero-order chi connectivity index (χ0) is 15.6. The van der Waals surface area contributed by atoms with Crippen molar-refractivity contribution in [2.24, 2.45) is 0 Å². The van der Waals surface area contributed by atoms with Gasteiger partial charge in [0, 0.05) is 6.07 Å². The van der Waals surface area contributed by atoms with Gasteiger partial charge in [0.2, 0.25) is 11.6 Å². The van der Waals surface area contributed by atoms with E-state index in [9.17, 15) is 10.1 Å². The molecule has 21 heavy (non-hydrogen) atoms. The SMILES string of the molecule is N#Cc1ccc(Oc2nc(Cl)c(Cl)cc2Cl)c([N+](=O)[O-])c1. The Bertz CT molecular complexity index is 774. The first-order valence-corrected chi connectivity index (χ1v) is 6.43. The Morgan fingerprint density at radius 1 is 1.24 bits per heavy atom. The van der Waals surface area contributed by atoms with Crippen LogP contribution in [0.3, 0.4) is 0 Å². The quantitative estimate of drug-likeness (QED) is 0.460. The maximum atomic E-state index is 11.0. The first kappa shape index (κ1) is 15.3. The van der Waals surface area contributed by atoms with E-state index in [4.69, 9.17) is 44.8 Å². The standard InChI is InChI=1S/C12H4Cl3N3O3/c13-7-4-8(14)12(17-11(7)15)21-10-2-1-6(5-16)3-9(10)18(19)20/h1-4H. The molecular formula is C12H4Cl3N3O3. The van der Waals surface area contributed by atoms with E-state index in [1.807, 2.05) is 0 Å². The fourth-order valence-corrected chi connectivity index (χ4v) is 1.95. The Morgan fingerprint density at radius 2 is 1.95 bits per heavy atom. The number of hydrogen-bond donors (Lipinski definition) is 0. The molecule has 0 aliphatic heterocycles. The summed E-state index contributed by atoms with van der Waals surface area (Å²) in [6.07, 6.45) is 0. The third kappa shape index (κ3) is 3.34. The Balaban J connectivity index is 2.47. The van der Waals surface area contributed by atoms with Gasteiger partial charge >= 0.3 is 5.69 Å². The highest BCUT2D eigenvalue weighted by Gasteiger charge is 2.19. The summed E-state index contributed by atoms with van der Waals surface area (Å²) in [7, 11) is 0. The lowest BCUT2D eigenvalue weighted by atomic mass is 10.2. The van der Waals surface area contributed by atoms with Crippen LogP contribution >= 0.6 is 34.8 Å². The molecule has 1 aromatic heterocycles. The van der Waals surface area contributed by atoms with Crippen molar-refractivity contribution in [1.82, 2.24) is 4.98 Å². The summed E-state index contributed by atoms with van der Waals surface area (Å²) in [5, 5.41) is 19.9. The van der Waals surface area contributed by atoms with E-state index in [0.717, 1.165) is 6.07 Å². The first-order valence-electron chi connectivity index (χ1n) is 5.30. The zero-order valence-corrected chi connectivity index (χ0v) is 12.3. The first-order chi connectivity index (χ1) is 9.92. The molecule has 2 rings (SSSR count). The molecule has 0 amide bonds. The van der Waals surface area contributed by atoms with E-state index in [2.05, 4.69) is 4.98 Å². The van der Waals surface area contributed by atoms with E-state index in [-0.39, 0.29) is 32.4 Å². The normalized spacial score (nSPS) is 10.0. The minimum Gasteiger partial charge on any atom is -0.430 e. The summed E-state index contributed by atoms with van der Waals surface area (Å²) in [5.74, 6) is -0.245. The van der Waals surface area contributed by atoms with Crippen LogP contribution in [-0.2, 0) is 0 Å². The maximum Gasteiger partial charge on any atom is 0.312 e. The molecule has 0 saturated heterocycles. The van der Waals surface area contributed by atoms with Crippen LogP contribution in [0.2, 0.25) is 15.2 Å². The predicted molar refractivity (Wildman–Crippen MR) is 77.2 cm³/mol. The lowest BCUT2D eigenvalue weighted by Crippen LogP contribution is -1.96. The molecule has 0 bridgehead atoms. The van der Waals surface area contributed by atoms with Crippen LogP contribution in [0.5, 0.6) is 11.6 Å². The number of pyridine rings is 1. The largest absolute Gasteiger partial charge is 0.430 e. The number of hydrogen-bond acceptors (Lipinski definition) is 5. The molecule has 0 atom stereocenters. The monoisotopic (exact) mass is 343 g/mol. The number of benzene rings is 1. The summed E-state index contributed by atoms with van der Waals surface area (Å²) in [6.45, 7) is 0. The van der Waals surface area contributed by atoms with Crippen LogP contribution in [0.25, 0.3) is 0 Å². The van der Waals surface area contributed by atoms with Crippen molar-refractivity contribution in [2.75, 3.05) is 0 Å². The fourth-order valence-electron chi connectivity index (χ4n) is 1.42. The Morgan fingerprint density at radius 3 is 2.57 bits per heavy atom. The van der Waals surface area contributed by atoms with Crippen LogP contribution in [0.15, 0.2) is 24.3 Å². The number of ether oxygens (including phenoxy) is 1. The van der Waals surface area contributed by atoms with Crippen molar-refractivity contribution in [2.45, 2.75) is 0 Å². The molecule has 9 heteroatoms. The molecule has 0 N–H and O–H groups in total. The molecule has 2 aromatic rings. The van der Waals surface area contributed by atoms with Gasteiger partial charge < -0.3 is 4.74 Å². The number of nitrogens with zero attached hydrogens (tertiary/aromatic N) is 3. The number of aromatic nitrogens is 1. The zero-order valence-electron chi connectivity index (χ0n) is 10.0. The maximum absolute atomic E-state index is 11.0. The number of nitro benzene ring substituents is 1. The topological polar surface area (TPSA) is 89.0 Å². The average Bonchev–Trinajstić information content (AvgIpc) is 2.44. The molecule has 6 nitrogen and oxygen atoms in total. The van der Waals surface area contributed by atoms with E-state index in [1.165, 1.54) is 18.2 Å². The molecule has 0 saturated carbocycles. The van der Waals surface area contributed by atoms with Crippen LogP contribution in [0.1, 0.15) is 5.56 Å². The highest BCUT2D eigenvalue weighted by Crippen LogP contribution is 2.36. The molecule has 1 heterocycles. The third-order valence-corrected chi connectivity index (χ3v) is 3.29. The number of nitriles is 1. The molecule has 1 aromatic carbocycles. The van der Waals surface area contributed by atoms with E-state index in [0.29, 0.717) is 0 Å². The second-order valence-electron chi connectivity index (χ2n) is 3.70. The number of halogens is 3. The van der Waals surface area contributed by atoms with Gasteiger partial charge in [-0.15, -0.1) is 0 Å². The van der Waals surface area contributed by atoms with Crippen LogP contribution in [-0.4, -0.2) is 9.91 Å². The van der Waals surface area contributed by atoms with Crippen molar-refractivity contribution in [1.29, 1.82) is 5.26 Å². The van der Waals surface area contributed by atoms with Crippen molar-refractivity contribution in [3.8, 4) is 17.7 Å². The molecule has 106 valence electrons. The van der Waals surface area contributed by atoms with Gasteiger partial charge in [0.1, 0.15) is 5.02 Å². The van der Waals surface area contributed by atoms with Crippen LogP contribution in [0, 0.1) is 21.4 Å². The molecule has 0 aliphatic carbocycles. The Kier molecular flexibility index (Phi) is 4.48. The second kappa shape index (κ2) is 6.14. The van der Waals surface area contributed by atoms with Crippen LogP contribution < -0.4 is 4.74 Å². The summed E-state index contributed by atoms with van der Waals surface area (Å²) >= 11 is 17.4. The lowest BCUT2D eigenvalue weighted by Gasteiger charge is -2.08. The van der Waals surface area contributed by atoms with Crippen molar-refractivity contribution in [3.05, 3.63) is 55.1 Å². The lowest BCUT2D eigenvalue weighted by molar-refractivity contribution is -0.385.